The van der Waals surface area contributed by atoms with Gasteiger partial charge in [0.15, 0.2) is 0 Å². The molecule has 0 heterocycles. The van der Waals surface area contributed by atoms with Gasteiger partial charge < -0.3 is 10.1 Å². The average molecular weight is 235 g/mol. The number of ether oxygens (including phenoxy) is 1. The molecule has 1 aromatic carbocycles. The van der Waals surface area contributed by atoms with Crippen molar-refractivity contribution < 1.29 is 4.74 Å². The summed E-state index contributed by atoms with van der Waals surface area (Å²) < 4.78 is 5.19. The minimum absolute atomic E-state index is 0.450. The quantitative estimate of drug-likeness (QED) is 0.776. The third-order valence-electron chi connectivity index (χ3n) is 3.59. The molecule has 0 radical (unpaired) electrons. The summed E-state index contributed by atoms with van der Waals surface area (Å²) in [5.74, 6) is 1.72. The van der Waals surface area contributed by atoms with E-state index in [4.69, 9.17) is 4.74 Å². The summed E-state index contributed by atoms with van der Waals surface area (Å²) in [5, 5.41) is 3.41. The van der Waals surface area contributed by atoms with Crippen molar-refractivity contribution >= 4 is 0 Å². The smallest absolute Gasteiger partial charge is 0.118 e. The van der Waals surface area contributed by atoms with E-state index in [9.17, 15) is 0 Å². The number of benzene rings is 1. The molecule has 0 aliphatic heterocycles. The Kier molecular flexibility index (Phi) is 6.06. The second-order valence-corrected chi connectivity index (χ2v) is 4.53. The largest absolute Gasteiger partial charge is 0.497 e. The number of rotatable bonds is 7. The van der Waals surface area contributed by atoms with E-state index in [1.807, 2.05) is 19.2 Å². The van der Waals surface area contributed by atoms with Crippen LogP contribution in [0.2, 0.25) is 0 Å². The molecule has 0 aliphatic rings. The zero-order chi connectivity index (χ0) is 12.7. The molecule has 1 atom stereocenters. The highest BCUT2D eigenvalue weighted by Crippen LogP contribution is 2.26. The highest BCUT2D eigenvalue weighted by molar-refractivity contribution is 5.29. The first-order chi connectivity index (χ1) is 8.24. The molecule has 0 amide bonds. The van der Waals surface area contributed by atoms with Gasteiger partial charge in [0.1, 0.15) is 5.75 Å². The standard InChI is InChI=1S/C15H25NO/c1-5-12(6-2)11-15(16-3)13-7-9-14(17-4)10-8-13/h7-10,12,15-16H,5-6,11H2,1-4H3. The van der Waals surface area contributed by atoms with Crippen LogP contribution in [0.25, 0.3) is 0 Å². The third-order valence-corrected chi connectivity index (χ3v) is 3.59. The summed E-state index contributed by atoms with van der Waals surface area (Å²) in [6, 6.07) is 8.83. The molecule has 0 bridgehead atoms. The first-order valence-corrected chi connectivity index (χ1v) is 6.56. The van der Waals surface area contributed by atoms with E-state index in [0.717, 1.165) is 11.7 Å². The van der Waals surface area contributed by atoms with E-state index in [1.54, 1.807) is 7.11 Å². The highest BCUT2D eigenvalue weighted by Gasteiger charge is 2.14. The minimum atomic E-state index is 0.450. The number of hydrogen-bond donors (Lipinski definition) is 1. The maximum Gasteiger partial charge on any atom is 0.118 e. The van der Waals surface area contributed by atoms with Gasteiger partial charge in [0.25, 0.3) is 0 Å². The van der Waals surface area contributed by atoms with Crippen LogP contribution in [0.3, 0.4) is 0 Å². The Balaban J connectivity index is 2.71. The molecule has 1 unspecified atom stereocenters. The van der Waals surface area contributed by atoms with Gasteiger partial charge in [-0.15, -0.1) is 0 Å². The molecule has 0 fully saturated rings. The topological polar surface area (TPSA) is 21.3 Å². The lowest BCUT2D eigenvalue weighted by atomic mass is 9.91. The molecule has 0 aromatic heterocycles. The molecule has 0 saturated carbocycles. The summed E-state index contributed by atoms with van der Waals surface area (Å²) in [5.41, 5.74) is 1.35. The Morgan fingerprint density at radius 3 is 2.12 bits per heavy atom. The maximum atomic E-state index is 5.19. The Bertz CT molecular complexity index is 303. The van der Waals surface area contributed by atoms with E-state index in [-0.39, 0.29) is 0 Å². The van der Waals surface area contributed by atoms with Gasteiger partial charge in [-0.25, -0.2) is 0 Å². The van der Waals surface area contributed by atoms with Gasteiger partial charge in [0.2, 0.25) is 0 Å². The minimum Gasteiger partial charge on any atom is -0.497 e. The zero-order valence-electron chi connectivity index (χ0n) is 11.5. The van der Waals surface area contributed by atoms with Gasteiger partial charge in [0.05, 0.1) is 7.11 Å². The summed E-state index contributed by atoms with van der Waals surface area (Å²) in [6.07, 6.45) is 3.71. The van der Waals surface area contributed by atoms with Crippen LogP contribution in [-0.2, 0) is 0 Å². The van der Waals surface area contributed by atoms with Crippen LogP contribution in [0.1, 0.15) is 44.7 Å². The maximum absolute atomic E-state index is 5.19. The summed E-state index contributed by atoms with van der Waals surface area (Å²) in [4.78, 5) is 0. The molecule has 2 heteroatoms. The predicted octanol–water partition coefficient (Wildman–Crippen LogP) is 3.78. The fourth-order valence-corrected chi connectivity index (χ4v) is 2.21. The first-order valence-electron chi connectivity index (χ1n) is 6.56. The monoisotopic (exact) mass is 235 g/mol. The SMILES string of the molecule is CCC(CC)CC(NC)c1ccc(OC)cc1. The molecule has 0 aliphatic carbocycles. The first kappa shape index (κ1) is 14.0. The third kappa shape index (κ3) is 4.04. The van der Waals surface area contributed by atoms with Gasteiger partial charge in [0, 0.05) is 6.04 Å². The predicted molar refractivity (Wildman–Crippen MR) is 73.5 cm³/mol. The van der Waals surface area contributed by atoms with Crippen molar-refractivity contribution in [3.8, 4) is 5.75 Å². The normalized spacial score (nSPS) is 12.8. The van der Waals surface area contributed by atoms with Gasteiger partial charge in [-0.3, -0.25) is 0 Å². The summed E-state index contributed by atoms with van der Waals surface area (Å²) >= 11 is 0. The van der Waals surface area contributed by atoms with Gasteiger partial charge in [-0.2, -0.15) is 0 Å². The van der Waals surface area contributed by atoms with Crippen LogP contribution in [0.4, 0.5) is 0 Å². The summed E-state index contributed by atoms with van der Waals surface area (Å²) in [7, 11) is 3.74. The van der Waals surface area contributed by atoms with Gasteiger partial charge in [-0.05, 0) is 37.1 Å². The molecule has 1 N–H and O–H groups in total. The lowest BCUT2D eigenvalue weighted by Crippen LogP contribution is -2.19. The lowest BCUT2D eigenvalue weighted by molar-refractivity contribution is 0.384. The van der Waals surface area contributed by atoms with Crippen LogP contribution >= 0.6 is 0 Å². The zero-order valence-corrected chi connectivity index (χ0v) is 11.5. The fraction of sp³-hybridized carbons (Fsp3) is 0.600. The number of hydrogen-bond acceptors (Lipinski definition) is 2. The van der Waals surface area contributed by atoms with Crippen LogP contribution in [0.15, 0.2) is 24.3 Å². The van der Waals surface area contributed by atoms with Crippen LogP contribution in [-0.4, -0.2) is 14.2 Å². The molecular formula is C15H25NO. The second kappa shape index (κ2) is 7.33. The lowest BCUT2D eigenvalue weighted by Gasteiger charge is -2.22. The molecule has 2 nitrogen and oxygen atoms in total. The van der Waals surface area contributed by atoms with Crippen molar-refractivity contribution in [1.29, 1.82) is 0 Å². The van der Waals surface area contributed by atoms with Crippen molar-refractivity contribution in [1.82, 2.24) is 5.32 Å². The van der Waals surface area contributed by atoms with Crippen LogP contribution in [0.5, 0.6) is 5.75 Å². The van der Waals surface area contributed by atoms with E-state index < -0.39 is 0 Å². The Morgan fingerprint density at radius 1 is 1.12 bits per heavy atom. The molecule has 0 spiro atoms. The van der Waals surface area contributed by atoms with Crippen molar-refractivity contribution in [3.63, 3.8) is 0 Å². The van der Waals surface area contributed by atoms with Gasteiger partial charge in [-0.1, -0.05) is 38.8 Å². The van der Waals surface area contributed by atoms with E-state index in [0.29, 0.717) is 6.04 Å². The average Bonchev–Trinajstić information content (AvgIpc) is 2.40. The molecule has 96 valence electrons. The van der Waals surface area contributed by atoms with Crippen LogP contribution in [0, 0.1) is 5.92 Å². The molecule has 0 saturated heterocycles. The fourth-order valence-electron chi connectivity index (χ4n) is 2.21. The van der Waals surface area contributed by atoms with Crippen molar-refractivity contribution in [2.75, 3.05) is 14.2 Å². The Labute approximate surface area is 105 Å². The molecule has 1 rings (SSSR count). The molecule has 17 heavy (non-hydrogen) atoms. The second-order valence-electron chi connectivity index (χ2n) is 4.53. The summed E-state index contributed by atoms with van der Waals surface area (Å²) in [6.45, 7) is 4.55. The number of nitrogens with one attached hydrogen (secondary N) is 1. The molecule has 1 aromatic rings. The Hall–Kier alpha value is -1.02. The van der Waals surface area contributed by atoms with Crippen molar-refractivity contribution in [2.45, 2.75) is 39.2 Å². The van der Waals surface area contributed by atoms with Crippen LogP contribution < -0.4 is 10.1 Å². The van der Waals surface area contributed by atoms with Gasteiger partial charge >= 0.3 is 0 Å². The van der Waals surface area contributed by atoms with E-state index in [1.165, 1.54) is 24.8 Å². The molecular weight excluding hydrogens is 210 g/mol. The van der Waals surface area contributed by atoms with Crippen molar-refractivity contribution in [3.05, 3.63) is 29.8 Å². The van der Waals surface area contributed by atoms with E-state index in [2.05, 4.69) is 31.3 Å². The highest BCUT2D eigenvalue weighted by atomic mass is 16.5. The van der Waals surface area contributed by atoms with E-state index >= 15 is 0 Å². The Morgan fingerprint density at radius 2 is 1.71 bits per heavy atom. The van der Waals surface area contributed by atoms with Crippen molar-refractivity contribution in [2.24, 2.45) is 5.92 Å². The number of methoxy groups -OCH3 is 1.